The molecule has 0 amide bonds. The van der Waals surface area contributed by atoms with Gasteiger partial charge in [-0.3, -0.25) is 4.79 Å². The summed E-state index contributed by atoms with van der Waals surface area (Å²) >= 11 is 1.53. The highest BCUT2D eigenvalue weighted by molar-refractivity contribution is 7.89. The molecular formula is C23H31N3O3S2. The Bertz CT molecular complexity index is 1200. The first-order chi connectivity index (χ1) is 14.9. The minimum atomic E-state index is -3.34. The quantitative estimate of drug-likeness (QED) is 0.422. The van der Waals surface area contributed by atoms with Crippen LogP contribution in [-0.4, -0.2) is 45.2 Å². The maximum Gasteiger partial charge on any atom is 0.211 e. The Morgan fingerprint density at radius 2 is 1.77 bits per heavy atom. The lowest BCUT2D eigenvalue weighted by molar-refractivity contribution is 0.316. The van der Waals surface area contributed by atoms with Gasteiger partial charge in [0.05, 0.1) is 11.1 Å². The van der Waals surface area contributed by atoms with E-state index in [0.29, 0.717) is 17.2 Å². The zero-order valence-electron chi connectivity index (χ0n) is 18.4. The lowest BCUT2D eigenvalue weighted by Crippen LogP contribution is -2.29. The molecule has 8 heteroatoms. The van der Waals surface area contributed by atoms with Crippen LogP contribution in [0.3, 0.4) is 0 Å². The molecule has 0 spiro atoms. The van der Waals surface area contributed by atoms with Crippen molar-refractivity contribution in [3.05, 3.63) is 52.2 Å². The number of hydrogen-bond donors (Lipinski definition) is 2. The summed E-state index contributed by atoms with van der Waals surface area (Å²) < 4.78 is 28.7. The molecule has 0 aliphatic carbocycles. The molecule has 31 heavy (non-hydrogen) atoms. The highest BCUT2D eigenvalue weighted by atomic mass is 32.2. The van der Waals surface area contributed by atoms with E-state index in [1.54, 1.807) is 0 Å². The Hall–Kier alpha value is -2.00. The van der Waals surface area contributed by atoms with Gasteiger partial charge in [-0.15, -0.1) is 11.3 Å². The summed E-state index contributed by atoms with van der Waals surface area (Å²) in [5.74, 6) is 0.0924. The predicted octanol–water partition coefficient (Wildman–Crippen LogP) is 4.00. The number of nitrogens with one attached hydrogen (secondary N) is 2. The Morgan fingerprint density at radius 3 is 2.48 bits per heavy atom. The fourth-order valence-electron chi connectivity index (χ4n) is 3.66. The summed E-state index contributed by atoms with van der Waals surface area (Å²) in [6.07, 6.45) is 0.559. The van der Waals surface area contributed by atoms with E-state index in [0.717, 1.165) is 46.8 Å². The summed E-state index contributed by atoms with van der Waals surface area (Å²) in [5.41, 5.74) is 1.60. The van der Waals surface area contributed by atoms with Crippen molar-refractivity contribution in [1.82, 2.24) is 9.62 Å². The second-order valence-corrected chi connectivity index (χ2v) is 10.5. The molecule has 0 aliphatic heterocycles. The molecule has 0 unspecified atom stereocenters. The number of likely N-dealkylation sites (N-methyl/N-ethyl adjacent to an activating group) is 1. The normalized spacial score (nSPS) is 12.1. The summed E-state index contributed by atoms with van der Waals surface area (Å²) in [5, 5.41) is 4.76. The molecule has 2 aromatic carbocycles. The van der Waals surface area contributed by atoms with Crippen LogP contribution < -0.4 is 15.5 Å². The first kappa shape index (κ1) is 23.7. The summed E-state index contributed by atoms with van der Waals surface area (Å²) in [7, 11) is -3.34. The zero-order chi connectivity index (χ0) is 22.4. The van der Waals surface area contributed by atoms with Crippen LogP contribution in [-0.2, 0) is 16.6 Å². The van der Waals surface area contributed by atoms with Crippen molar-refractivity contribution >= 4 is 47.2 Å². The van der Waals surface area contributed by atoms with Gasteiger partial charge in [0, 0.05) is 40.1 Å². The second kappa shape index (κ2) is 10.5. The number of benzene rings is 2. The molecule has 6 nitrogen and oxygen atoms in total. The molecule has 0 saturated heterocycles. The van der Waals surface area contributed by atoms with E-state index in [9.17, 15) is 13.2 Å². The van der Waals surface area contributed by atoms with E-state index < -0.39 is 10.0 Å². The SMILES string of the molecule is CCCS(=O)(=O)NCc1ccc(NCCN(CC)CC)c2c(=O)c3ccccc3sc12. The van der Waals surface area contributed by atoms with Gasteiger partial charge in [0.1, 0.15) is 0 Å². The molecule has 3 rings (SSSR count). The molecule has 1 aromatic heterocycles. The average molecular weight is 462 g/mol. The Balaban J connectivity index is 2.03. The minimum Gasteiger partial charge on any atom is -0.383 e. The minimum absolute atomic E-state index is 0.0204. The van der Waals surface area contributed by atoms with Crippen molar-refractivity contribution in [2.45, 2.75) is 33.7 Å². The molecule has 2 N–H and O–H groups in total. The van der Waals surface area contributed by atoms with Crippen LogP contribution in [0.1, 0.15) is 32.8 Å². The van der Waals surface area contributed by atoms with Gasteiger partial charge in [0.25, 0.3) is 0 Å². The van der Waals surface area contributed by atoms with Gasteiger partial charge >= 0.3 is 0 Å². The topological polar surface area (TPSA) is 78.5 Å². The number of fused-ring (bicyclic) bond motifs is 2. The predicted molar refractivity (Wildman–Crippen MR) is 133 cm³/mol. The monoisotopic (exact) mass is 461 g/mol. The lowest BCUT2D eigenvalue weighted by Gasteiger charge is -2.19. The zero-order valence-corrected chi connectivity index (χ0v) is 20.0. The third-order valence-corrected chi connectivity index (χ3v) is 8.18. The van der Waals surface area contributed by atoms with Crippen LogP contribution in [0.4, 0.5) is 5.69 Å². The summed E-state index contributed by atoms with van der Waals surface area (Å²) in [4.78, 5) is 15.7. The van der Waals surface area contributed by atoms with Gasteiger partial charge in [-0.2, -0.15) is 0 Å². The second-order valence-electron chi connectivity index (χ2n) is 7.50. The molecule has 0 fully saturated rings. The first-order valence-electron chi connectivity index (χ1n) is 10.8. The fraction of sp³-hybridized carbons (Fsp3) is 0.435. The number of anilines is 1. The van der Waals surface area contributed by atoms with Crippen LogP contribution in [0.5, 0.6) is 0 Å². The highest BCUT2D eigenvalue weighted by Crippen LogP contribution is 2.32. The highest BCUT2D eigenvalue weighted by Gasteiger charge is 2.16. The van der Waals surface area contributed by atoms with Crippen molar-refractivity contribution in [2.75, 3.05) is 37.2 Å². The largest absolute Gasteiger partial charge is 0.383 e. The smallest absolute Gasteiger partial charge is 0.211 e. The van der Waals surface area contributed by atoms with Crippen LogP contribution in [0.15, 0.2) is 41.2 Å². The van der Waals surface area contributed by atoms with Gasteiger partial charge < -0.3 is 10.2 Å². The maximum atomic E-state index is 13.4. The van der Waals surface area contributed by atoms with Crippen molar-refractivity contribution in [3.8, 4) is 0 Å². The standard InChI is InChI=1S/C23H31N3O3S2/c1-4-15-31(28,29)25-16-17-11-12-19(24-13-14-26(5-2)6-3)21-22(27)18-9-7-8-10-20(18)30-23(17)21/h7-12,24-25H,4-6,13-16H2,1-3H3. The molecule has 0 radical (unpaired) electrons. The number of nitrogens with zero attached hydrogens (tertiary/aromatic N) is 1. The molecule has 3 aromatic rings. The Kier molecular flexibility index (Phi) is 8.05. The van der Waals surface area contributed by atoms with E-state index in [1.807, 2.05) is 43.3 Å². The number of rotatable bonds is 11. The molecule has 1 heterocycles. The van der Waals surface area contributed by atoms with Crippen molar-refractivity contribution in [2.24, 2.45) is 0 Å². The van der Waals surface area contributed by atoms with Gasteiger partial charge in [-0.05, 0) is 43.3 Å². The van der Waals surface area contributed by atoms with Crippen LogP contribution >= 0.6 is 11.3 Å². The van der Waals surface area contributed by atoms with E-state index in [-0.39, 0.29) is 17.7 Å². The van der Waals surface area contributed by atoms with Gasteiger partial charge in [-0.25, -0.2) is 13.1 Å². The average Bonchev–Trinajstić information content (AvgIpc) is 2.76. The fourth-order valence-corrected chi connectivity index (χ4v) is 5.93. The third kappa shape index (κ3) is 5.63. The maximum absolute atomic E-state index is 13.4. The summed E-state index contributed by atoms with van der Waals surface area (Å²) in [6.45, 7) is 9.87. The lowest BCUT2D eigenvalue weighted by atomic mass is 10.1. The van der Waals surface area contributed by atoms with Crippen molar-refractivity contribution < 1.29 is 8.42 Å². The van der Waals surface area contributed by atoms with Crippen LogP contribution in [0, 0.1) is 0 Å². The van der Waals surface area contributed by atoms with Crippen molar-refractivity contribution in [1.29, 1.82) is 0 Å². The molecule has 0 atom stereocenters. The number of hydrogen-bond acceptors (Lipinski definition) is 6. The molecular weight excluding hydrogens is 430 g/mol. The van der Waals surface area contributed by atoms with E-state index in [1.165, 1.54) is 11.3 Å². The molecule has 0 aliphatic rings. The molecule has 168 valence electrons. The summed E-state index contributed by atoms with van der Waals surface area (Å²) in [6, 6.07) is 11.4. The van der Waals surface area contributed by atoms with Crippen LogP contribution in [0.2, 0.25) is 0 Å². The third-order valence-electron chi connectivity index (χ3n) is 5.40. The van der Waals surface area contributed by atoms with Crippen molar-refractivity contribution in [3.63, 3.8) is 0 Å². The Labute approximate surface area is 188 Å². The Morgan fingerprint density at radius 1 is 1.03 bits per heavy atom. The van der Waals surface area contributed by atoms with Gasteiger partial charge in [-0.1, -0.05) is 39.0 Å². The number of sulfonamides is 1. The van der Waals surface area contributed by atoms with E-state index in [2.05, 4.69) is 28.8 Å². The van der Waals surface area contributed by atoms with E-state index in [4.69, 9.17) is 0 Å². The molecule has 0 bridgehead atoms. The van der Waals surface area contributed by atoms with Crippen LogP contribution in [0.25, 0.3) is 20.2 Å². The van der Waals surface area contributed by atoms with E-state index >= 15 is 0 Å². The van der Waals surface area contributed by atoms with Gasteiger partial charge in [0.15, 0.2) is 5.43 Å². The van der Waals surface area contributed by atoms with Gasteiger partial charge in [0.2, 0.25) is 10.0 Å². The first-order valence-corrected chi connectivity index (χ1v) is 13.3. The molecule has 0 saturated carbocycles.